The smallest absolute Gasteiger partial charge is 0.238 e. The number of phenols is 1. The summed E-state index contributed by atoms with van der Waals surface area (Å²) in [6, 6.07) is 17.1. The van der Waals surface area contributed by atoms with E-state index < -0.39 is 10.0 Å². The van der Waals surface area contributed by atoms with Gasteiger partial charge in [-0.15, -0.1) is 0 Å². The molecule has 0 aliphatic carbocycles. The molecule has 22 heavy (non-hydrogen) atoms. The Morgan fingerprint density at radius 1 is 0.909 bits per heavy atom. The molecule has 2 aromatic carbocycles. The van der Waals surface area contributed by atoms with Crippen molar-refractivity contribution in [1.82, 2.24) is 4.57 Å². The lowest BCUT2D eigenvalue weighted by Gasteiger charge is -2.10. The minimum Gasteiger partial charge on any atom is -0.508 e. The van der Waals surface area contributed by atoms with Crippen LogP contribution in [0.25, 0.3) is 16.9 Å². The molecule has 0 spiro atoms. The number of hydrogen-bond donors (Lipinski definition) is 2. The van der Waals surface area contributed by atoms with Crippen LogP contribution in [0.15, 0.2) is 71.8 Å². The average molecular weight is 314 g/mol. The fourth-order valence-electron chi connectivity index (χ4n) is 2.27. The summed E-state index contributed by atoms with van der Waals surface area (Å²) in [6.07, 6.45) is 1.90. The van der Waals surface area contributed by atoms with Crippen LogP contribution in [0.1, 0.15) is 0 Å². The number of rotatable bonds is 3. The molecule has 0 amide bonds. The molecular weight excluding hydrogens is 300 g/mol. The number of primary sulfonamides is 1. The van der Waals surface area contributed by atoms with Gasteiger partial charge < -0.3 is 9.67 Å². The Kier molecular flexibility index (Phi) is 3.48. The molecule has 0 fully saturated rings. The zero-order valence-corrected chi connectivity index (χ0v) is 12.4. The molecule has 0 saturated carbocycles. The lowest BCUT2D eigenvalue weighted by molar-refractivity contribution is 0.475. The van der Waals surface area contributed by atoms with Gasteiger partial charge in [0, 0.05) is 11.9 Å². The quantitative estimate of drug-likeness (QED) is 0.779. The van der Waals surface area contributed by atoms with Gasteiger partial charge in [0.2, 0.25) is 10.0 Å². The molecule has 6 heteroatoms. The fourth-order valence-corrected chi connectivity index (χ4v) is 2.79. The van der Waals surface area contributed by atoms with E-state index in [0.717, 1.165) is 16.9 Å². The first-order valence-corrected chi connectivity index (χ1v) is 8.10. The number of hydrogen-bond acceptors (Lipinski definition) is 3. The summed E-state index contributed by atoms with van der Waals surface area (Å²) in [5.41, 5.74) is 2.67. The van der Waals surface area contributed by atoms with Crippen molar-refractivity contribution in [3.63, 3.8) is 0 Å². The normalized spacial score (nSPS) is 11.5. The molecule has 1 heterocycles. The average Bonchev–Trinajstić information content (AvgIpc) is 2.97. The largest absolute Gasteiger partial charge is 0.508 e. The highest BCUT2D eigenvalue weighted by atomic mass is 32.2. The molecule has 0 radical (unpaired) electrons. The number of nitrogens with zero attached hydrogens (tertiary/aromatic N) is 1. The first kappa shape index (κ1) is 14.4. The summed E-state index contributed by atoms with van der Waals surface area (Å²) >= 11 is 0. The number of benzene rings is 2. The predicted molar refractivity (Wildman–Crippen MR) is 84.2 cm³/mol. The van der Waals surface area contributed by atoms with Crippen LogP contribution in [0.3, 0.4) is 0 Å². The van der Waals surface area contributed by atoms with Crippen LogP contribution < -0.4 is 5.14 Å². The molecule has 3 aromatic rings. The summed E-state index contributed by atoms with van der Waals surface area (Å²) < 4.78 is 24.5. The second-order valence-electron chi connectivity index (χ2n) is 4.85. The van der Waals surface area contributed by atoms with Crippen molar-refractivity contribution < 1.29 is 13.5 Å². The van der Waals surface area contributed by atoms with Gasteiger partial charge in [-0.1, -0.05) is 12.1 Å². The number of aromatic hydroxyl groups is 1. The van der Waals surface area contributed by atoms with Gasteiger partial charge >= 0.3 is 0 Å². The molecule has 0 unspecified atom stereocenters. The maximum Gasteiger partial charge on any atom is 0.238 e. The third kappa shape index (κ3) is 2.74. The van der Waals surface area contributed by atoms with Crippen LogP contribution in [0.4, 0.5) is 0 Å². The lowest BCUT2D eigenvalue weighted by atomic mass is 10.1. The third-order valence-corrected chi connectivity index (χ3v) is 4.28. The van der Waals surface area contributed by atoms with Crippen LogP contribution in [0, 0.1) is 0 Å². The van der Waals surface area contributed by atoms with Crippen LogP contribution in [-0.2, 0) is 10.0 Å². The van der Waals surface area contributed by atoms with E-state index in [4.69, 9.17) is 5.14 Å². The van der Waals surface area contributed by atoms with Gasteiger partial charge in [0.25, 0.3) is 0 Å². The summed E-state index contributed by atoms with van der Waals surface area (Å²) in [6.45, 7) is 0. The maximum atomic E-state index is 11.3. The SMILES string of the molecule is NS(=O)(=O)c1ccc(-c2cccn2-c2ccc(O)cc2)cc1. The monoisotopic (exact) mass is 314 g/mol. The van der Waals surface area contributed by atoms with E-state index in [2.05, 4.69) is 0 Å². The minimum absolute atomic E-state index is 0.0824. The number of nitrogens with two attached hydrogens (primary N) is 1. The van der Waals surface area contributed by atoms with Crippen molar-refractivity contribution in [2.24, 2.45) is 5.14 Å². The molecule has 0 saturated heterocycles. The topological polar surface area (TPSA) is 85.3 Å². The molecule has 0 aliphatic rings. The van der Waals surface area contributed by atoms with E-state index >= 15 is 0 Å². The molecule has 0 aliphatic heterocycles. The van der Waals surface area contributed by atoms with Crippen molar-refractivity contribution in [1.29, 1.82) is 0 Å². The van der Waals surface area contributed by atoms with Crippen molar-refractivity contribution in [2.75, 3.05) is 0 Å². The molecule has 112 valence electrons. The standard InChI is InChI=1S/C16H14N2O3S/c17-22(20,21)15-9-3-12(4-10-15)16-2-1-11-18(16)13-5-7-14(19)8-6-13/h1-11,19H,(H2,17,20,21). The molecule has 3 N–H and O–H groups in total. The first-order chi connectivity index (χ1) is 10.4. The Hall–Kier alpha value is -2.57. The molecule has 3 rings (SSSR count). The van der Waals surface area contributed by atoms with Crippen molar-refractivity contribution in [3.8, 4) is 22.7 Å². The Morgan fingerprint density at radius 3 is 2.14 bits per heavy atom. The molecule has 0 bridgehead atoms. The second-order valence-corrected chi connectivity index (χ2v) is 6.41. The van der Waals surface area contributed by atoms with Crippen LogP contribution in [0.2, 0.25) is 0 Å². The van der Waals surface area contributed by atoms with Gasteiger partial charge in [-0.25, -0.2) is 13.6 Å². The Labute approximate surface area is 128 Å². The van der Waals surface area contributed by atoms with Crippen LogP contribution >= 0.6 is 0 Å². The summed E-state index contributed by atoms with van der Waals surface area (Å²) in [5, 5.41) is 14.5. The number of phenolic OH excluding ortho intramolecular Hbond substituents is 1. The maximum absolute atomic E-state index is 11.3. The Balaban J connectivity index is 2.03. The molecule has 5 nitrogen and oxygen atoms in total. The van der Waals surface area contributed by atoms with Crippen molar-refractivity contribution in [3.05, 3.63) is 66.9 Å². The molecule has 0 atom stereocenters. The van der Waals surface area contributed by atoms with Crippen LogP contribution in [-0.4, -0.2) is 18.1 Å². The van der Waals surface area contributed by atoms with E-state index in [-0.39, 0.29) is 10.6 Å². The van der Waals surface area contributed by atoms with Crippen molar-refractivity contribution in [2.45, 2.75) is 4.90 Å². The first-order valence-electron chi connectivity index (χ1n) is 6.55. The molecular formula is C16H14N2O3S. The minimum atomic E-state index is -3.69. The van der Waals surface area contributed by atoms with Crippen LogP contribution in [0.5, 0.6) is 5.75 Å². The fraction of sp³-hybridized carbons (Fsp3) is 0. The summed E-state index contributed by atoms with van der Waals surface area (Å²) in [4.78, 5) is 0.0824. The third-order valence-electron chi connectivity index (χ3n) is 3.36. The molecule has 1 aromatic heterocycles. The number of sulfonamides is 1. The zero-order chi connectivity index (χ0) is 15.7. The van der Waals surface area contributed by atoms with Crippen molar-refractivity contribution >= 4 is 10.0 Å². The Bertz CT molecular complexity index is 895. The Morgan fingerprint density at radius 2 is 1.55 bits per heavy atom. The van der Waals surface area contributed by atoms with Gasteiger partial charge in [0.05, 0.1) is 10.6 Å². The number of aromatic nitrogens is 1. The second kappa shape index (κ2) is 5.32. The van der Waals surface area contributed by atoms with E-state index in [1.54, 1.807) is 36.4 Å². The lowest BCUT2D eigenvalue weighted by Crippen LogP contribution is -2.11. The van der Waals surface area contributed by atoms with Gasteiger partial charge in [-0.2, -0.15) is 0 Å². The predicted octanol–water partition coefficient (Wildman–Crippen LogP) is 2.50. The van der Waals surface area contributed by atoms with E-state index in [1.165, 1.54) is 12.1 Å². The zero-order valence-electron chi connectivity index (χ0n) is 11.5. The van der Waals surface area contributed by atoms with E-state index in [0.29, 0.717) is 0 Å². The summed E-state index contributed by atoms with van der Waals surface area (Å²) in [7, 11) is -3.69. The van der Waals surface area contributed by atoms with Gasteiger partial charge in [-0.3, -0.25) is 0 Å². The van der Waals surface area contributed by atoms with Gasteiger partial charge in [0.15, 0.2) is 0 Å². The highest BCUT2D eigenvalue weighted by molar-refractivity contribution is 7.89. The highest BCUT2D eigenvalue weighted by Crippen LogP contribution is 2.25. The van der Waals surface area contributed by atoms with E-state index in [1.807, 2.05) is 22.9 Å². The van der Waals surface area contributed by atoms with Gasteiger partial charge in [0.1, 0.15) is 5.75 Å². The highest BCUT2D eigenvalue weighted by Gasteiger charge is 2.10. The summed E-state index contributed by atoms with van der Waals surface area (Å²) in [5.74, 6) is 0.204. The van der Waals surface area contributed by atoms with E-state index in [9.17, 15) is 13.5 Å². The van der Waals surface area contributed by atoms with Gasteiger partial charge in [-0.05, 0) is 54.1 Å².